The number of anilines is 1. The molecule has 0 aromatic carbocycles. The number of ether oxygens (including phenoxy) is 2. The molecule has 2 N–H and O–H groups in total. The summed E-state index contributed by atoms with van der Waals surface area (Å²) in [4.78, 5) is 17.9. The Labute approximate surface area is 130 Å². The number of carbonyl (C=O) groups is 1. The zero-order valence-electron chi connectivity index (χ0n) is 13.5. The van der Waals surface area contributed by atoms with Crippen LogP contribution in [0.15, 0.2) is 18.2 Å². The van der Waals surface area contributed by atoms with Gasteiger partial charge in [-0.25, -0.2) is 4.79 Å². The van der Waals surface area contributed by atoms with Gasteiger partial charge < -0.3 is 20.1 Å². The van der Waals surface area contributed by atoms with Crippen LogP contribution < -0.4 is 10.5 Å². The first-order valence-corrected chi connectivity index (χ1v) is 7.28. The van der Waals surface area contributed by atoms with Gasteiger partial charge in [-0.05, 0) is 44.9 Å². The lowest BCUT2D eigenvalue weighted by atomic mass is 10.0. The largest absolute Gasteiger partial charge is 0.481 e. The average molecular weight is 305 g/mol. The number of carbonyl (C=O) groups excluding carboxylic acids is 1. The van der Waals surface area contributed by atoms with Crippen molar-refractivity contribution >= 4 is 17.5 Å². The molecular weight excluding hydrogens is 282 g/mol. The first kappa shape index (κ1) is 16.1. The molecule has 0 saturated carbocycles. The highest BCUT2D eigenvalue weighted by Crippen LogP contribution is 2.30. The summed E-state index contributed by atoms with van der Waals surface area (Å²) in [5, 5.41) is 0. The summed E-state index contributed by atoms with van der Waals surface area (Å²) in [5.74, 6) is 0.935. The molecule has 0 atom stereocenters. The van der Waals surface area contributed by atoms with Crippen molar-refractivity contribution in [3.05, 3.63) is 23.8 Å². The van der Waals surface area contributed by atoms with E-state index in [1.54, 1.807) is 18.1 Å². The summed E-state index contributed by atoms with van der Waals surface area (Å²) in [5.41, 5.74) is 7.21. The Hall–Kier alpha value is -2.24. The van der Waals surface area contributed by atoms with Gasteiger partial charge >= 0.3 is 6.09 Å². The summed E-state index contributed by atoms with van der Waals surface area (Å²) in [7, 11) is 1.57. The van der Waals surface area contributed by atoms with E-state index in [1.165, 1.54) is 0 Å². The van der Waals surface area contributed by atoms with Crippen LogP contribution in [0, 0.1) is 0 Å². The highest BCUT2D eigenvalue weighted by molar-refractivity contribution is 5.74. The Morgan fingerprint density at radius 2 is 2.09 bits per heavy atom. The zero-order chi connectivity index (χ0) is 16.3. The van der Waals surface area contributed by atoms with E-state index in [-0.39, 0.29) is 6.09 Å². The van der Waals surface area contributed by atoms with Gasteiger partial charge in [0.25, 0.3) is 0 Å². The smallest absolute Gasteiger partial charge is 0.410 e. The highest BCUT2D eigenvalue weighted by atomic mass is 16.6. The second-order valence-electron chi connectivity index (χ2n) is 6.20. The van der Waals surface area contributed by atoms with Gasteiger partial charge in [-0.2, -0.15) is 4.98 Å². The standard InChI is InChI=1S/C16H23N3O3/c1-16(2,3)22-15(20)19-9-7-11(8-10-19)12-5-6-13(17)18-14(12)21-4/h5-7H,8-10H2,1-4H3,(H2,17,18). The van der Waals surface area contributed by atoms with E-state index in [9.17, 15) is 4.79 Å². The van der Waals surface area contributed by atoms with E-state index < -0.39 is 5.60 Å². The lowest BCUT2D eigenvalue weighted by Crippen LogP contribution is -2.39. The topological polar surface area (TPSA) is 77.7 Å². The predicted octanol–water partition coefficient (Wildman–Crippen LogP) is 2.70. The van der Waals surface area contributed by atoms with E-state index in [0.717, 1.165) is 17.6 Å². The van der Waals surface area contributed by atoms with Gasteiger partial charge in [-0.1, -0.05) is 6.08 Å². The van der Waals surface area contributed by atoms with Gasteiger partial charge in [0.2, 0.25) is 5.88 Å². The van der Waals surface area contributed by atoms with Crippen LogP contribution >= 0.6 is 0 Å². The number of methoxy groups -OCH3 is 1. The summed E-state index contributed by atoms with van der Waals surface area (Å²) in [6.07, 6.45) is 2.44. The SMILES string of the molecule is COc1nc(N)ccc1C1=CCN(C(=O)OC(C)(C)C)CC1. The van der Waals surface area contributed by atoms with Crippen molar-refractivity contribution in [3.8, 4) is 5.88 Å². The van der Waals surface area contributed by atoms with Crippen LogP contribution in [-0.4, -0.2) is 41.8 Å². The maximum Gasteiger partial charge on any atom is 0.410 e. The number of nitrogens with zero attached hydrogens (tertiary/aromatic N) is 2. The van der Waals surface area contributed by atoms with E-state index in [2.05, 4.69) is 4.98 Å². The minimum Gasteiger partial charge on any atom is -0.481 e. The van der Waals surface area contributed by atoms with E-state index in [1.807, 2.05) is 32.9 Å². The Balaban J connectivity index is 2.10. The molecule has 1 aliphatic rings. The van der Waals surface area contributed by atoms with Gasteiger partial charge in [-0.3, -0.25) is 0 Å². The van der Waals surface area contributed by atoms with Gasteiger partial charge in [-0.15, -0.1) is 0 Å². The zero-order valence-corrected chi connectivity index (χ0v) is 13.5. The normalized spacial score (nSPS) is 15.3. The van der Waals surface area contributed by atoms with Crippen LogP contribution in [-0.2, 0) is 4.74 Å². The van der Waals surface area contributed by atoms with Crippen LogP contribution in [0.5, 0.6) is 5.88 Å². The monoisotopic (exact) mass is 305 g/mol. The molecule has 1 aliphatic heterocycles. The molecule has 6 heteroatoms. The quantitative estimate of drug-likeness (QED) is 0.909. The molecule has 0 bridgehead atoms. The van der Waals surface area contributed by atoms with E-state index in [0.29, 0.717) is 24.8 Å². The predicted molar refractivity (Wildman–Crippen MR) is 85.6 cm³/mol. The van der Waals surface area contributed by atoms with Crippen molar-refractivity contribution < 1.29 is 14.3 Å². The Morgan fingerprint density at radius 1 is 1.36 bits per heavy atom. The Kier molecular flexibility index (Phi) is 4.59. The molecule has 0 fully saturated rings. The average Bonchev–Trinajstić information content (AvgIpc) is 2.45. The van der Waals surface area contributed by atoms with Gasteiger partial charge in [0.1, 0.15) is 11.4 Å². The molecule has 1 aromatic heterocycles. The van der Waals surface area contributed by atoms with Crippen molar-refractivity contribution in [1.82, 2.24) is 9.88 Å². The van der Waals surface area contributed by atoms with Crippen molar-refractivity contribution in [3.63, 3.8) is 0 Å². The Morgan fingerprint density at radius 3 is 2.64 bits per heavy atom. The fraction of sp³-hybridized carbons (Fsp3) is 0.500. The third-order valence-corrected chi connectivity index (χ3v) is 3.28. The number of hydrogen-bond donors (Lipinski definition) is 1. The highest BCUT2D eigenvalue weighted by Gasteiger charge is 2.24. The molecule has 2 heterocycles. The maximum atomic E-state index is 12.0. The van der Waals surface area contributed by atoms with Crippen LogP contribution in [0.4, 0.5) is 10.6 Å². The van der Waals surface area contributed by atoms with Gasteiger partial charge in [0.05, 0.1) is 7.11 Å². The van der Waals surface area contributed by atoms with Crippen LogP contribution in [0.1, 0.15) is 32.8 Å². The molecule has 0 radical (unpaired) electrons. The third kappa shape index (κ3) is 3.90. The molecule has 6 nitrogen and oxygen atoms in total. The second kappa shape index (κ2) is 6.25. The first-order chi connectivity index (χ1) is 10.3. The number of nitrogens with two attached hydrogens (primary N) is 1. The lowest BCUT2D eigenvalue weighted by Gasteiger charge is -2.29. The number of amides is 1. The summed E-state index contributed by atoms with van der Waals surface area (Å²) >= 11 is 0. The number of aromatic nitrogens is 1. The van der Waals surface area contributed by atoms with Crippen molar-refractivity contribution in [2.45, 2.75) is 32.8 Å². The summed E-state index contributed by atoms with van der Waals surface area (Å²) < 4.78 is 10.7. The minimum absolute atomic E-state index is 0.287. The van der Waals surface area contributed by atoms with Crippen LogP contribution in [0.2, 0.25) is 0 Å². The molecule has 120 valence electrons. The minimum atomic E-state index is -0.481. The molecule has 1 amide bonds. The van der Waals surface area contributed by atoms with Crippen molar-refractivity contribution in [2.75, 3.05) is 25.9 Å². The molecule has 0 unspecified atom stereocenters. The van der Waals surface area contributed by atoms with Crippen LogP contribution in [0.3, 0.4) is 0 Å². The fourth-order valence-corrected chi connectivity index (χ4v) is 2.26. The second-order valence-corrected chi connectivity index (χ2v) is 6.20. The number of rotatable bonds is 2. The van der Waals surface area contributed by atoms with Gasteiger partial charge in [0.15, 0.2) is 0 Å². The number of hydrogen-bond acceptors (Lipinski definition) is 5. The molecule has 1 aromatic rings. The maximum absolute atomic E-state index is 12.0. The third-order valence-electron chi connectivity index (χ3n) is 3.28. The fourth-order valence-electron chi connectivity index (χ4n) is 2.26. The molecule has 0 aliphatic carbocycles. The van der Waals surface area contributed by atoms with Crippen LogP contribution in [0.25, 0.3) is 5.57 Å². The molecule has 0 saturated heterocycles. The molecule has 0 spiro atoms. The number of nitrogen functional groups attached to an aromatic ring is 1. The van der Waals surface area contributed by atoms with Gasteiger partial charge in [0, 0.05) is 18.7 Å². The van der Waals surface area contributed by atoms with Crippen molar-refractivity contribution in [2.24, 2.45) is 0 Å². The number of pyridine rings is 1. The van der Waals surface area contributed by atoms with E-state index >= 15 is 0 Å². The first-order valence-electron chi connectivity index (χ1n) is 7.28. The lowest BCUT2D eigenvalue weighted by molar-refractivity contribution is 0.0270. The molecule has 22 heavy (non-hydrogen) atoms. The van der Waals surface area contributed by atoms with E-state index in [4.69, 9.17) is 15.2 Å². The Bertz CT molecular complexity index is 591. The summed E-state index contributed by atoms with van der Waals surface area (Å²) in [6.45, 7) is 6.70. The van der Waals surface area contributed by atoms with Crippen molar-refractivity contribution in [1.29, 1.82) is 0 Å². The molecule has 2 rings (SSSR count). The summed E-state index contributed by atoms with van der Waals surface area (Å²) in [6, 6.07) is 3.65. The molecular formula is C16H23N3O3.